The third kappa shape index (κ3) is 3.61. The van der Waals surface area contributed by atoms with Crippen LogP contribution >= 0.6 is 0 Å². The lowest BCUT2D eigenvalue weighted by atomic mass is 10.0. The predicted octanol–water partition coefficient (Wildman–Crippen LogP) is 3.41. The Kier molecular flexibility index (Phi) is 4.95. The van der Waals surface area contributed by atoms with Crippen molar-refractivity contribution in [1.82, 2.24) is 0 Å². The molecule has 0 radical (unpaired) electrons. The fourth-order valence-corrected chi connectivity index (χ4v) is 2.86. The summed E-state index contributed by atoms with van der Waals surface area (Å²) in [6, 6.07) is 15.4. The Bertz CT molecular complexity index is 765. The van der Waals surface area contributed by atoms with Crippen LogP contribution < -0.4 is 5.06 Å². The quantitative estimate of drug-likeness (QED) is 0.470. The number of hydrogen-bond donors (Lipinski definition) is 0. The molecule has 0 amide bonds. The molecule has 1 aliphatic rings. The molecule has 0 saturated carbocycles. The second kappa shape index (κ2) is 7.31. The predicted molar refractivity (Wildman–Crippen MR) is 90.9 cm³/mol. The Morgan fingerprint density at radius 2 is 2.04 bits per heavy atom. The molecule has 2 atom stereocenters. The highest BCUT2D eigenvalue weighted by Gasteiger charge is 2.40. The van der Waals surface area contributed by atoms with Crippen molar-refractivity contribution in [1.29, 1.82) is 0 Å². The maximum absolute atomic E-state index is 12.1. The highest BCUT2D eigenvalue weighted by Crippen LogP contribution is 2.39. The first-order valence-electron chi connectivity index (χ1n) is 8.02. The Labute approximate surface area is 144 Å². The van der Waals surface area contributed by atoms with Crippen LogP contribution in [-0.2, 0) is 14.4 Å². The van der Waals surface area contributed by atoms with Gasteiger partial charge in [0.25, 0.3) is 5.69 Å². The number of para-hydroxylation sites is 1. The van der Waals surface area contributed by atoms with E-state index in [1.54, 1.807) is 24.1 Å². The molecule has 1 heterocycles. The number of ether oxygens (including phenoxy) is 1. The molecule has 130 valence electrons. The molecule has 0 spiro atoms. The van der Waals surface area contributed by atoms with Crippen LogP contribution in [0.5, 0.6) is 0 Å². The Hall–Kier alpha value is -2.93. The van der Waals surface area contributed by atoms with Crippen LogP contribution in [-0.4, -0.2) is 23.6 Å². The van der Waals surface area contributed by atoms with Crippen molar-refractivity contribution in [2.45, 2.75) is 25.5 Å². The molecular weight excluding hydrogens is 324 g/mol. The highest BCUT2D eigenvalue weighted by atomic mass is 16.7. The summed E-state index contributed by atoms with van der Waals surface area (Å²) in [6.07, 6.45) is -0.390. The minimum Gasteiger partial charge on any atom is -0.464 e. The molecule has 2 aromatic carbocycles. The maximum Gasteiger partial charge on any atom is 0.338 e. The Morgan fingerprint density at radius 1 is 1.28 bits per heavy atom. The average molecular weight is 342 g/mol. The molecule has 0 unspecified atom stereocenters. The largest absolute Gasteiger partial charge is 0.464 e. The summed E-state index contributed by atoms with van der Waals surface area (Å²) < 4.78 is 5.06. The van der Waals surface area contributed by atoms with Gasteiger partial charge in [0.2, 0.25) is 0 Å². The van der Waals surface area contributed by atoms with Gasteiger partial charge in [-0.05, 0) is 24.6 Å². The van der Waals surface area contributed by atoms with E-state index in [2.05, 4.69) is 0 Å². The number of hydroxylamine groups is 1. The Balaban J connectivity index is 1.94. The number of hydrogen-bond acceptors (Lipinski definition) is 6. The molecule has 3 rings (SSSR count). The number of esters is 1. The van der Waals surface area contributed by atoms with E-state index in [-0.39, 0.29) is 18.3 Å². The zero-order valence-electron chi connectivity index (χ0n) is 13.7. The van der Waals surface area contributed by atoms with Gasteiger partial charge in [0, 0.05) is 18.6 Å². The van der Waals surface area contributed by atoms with E-state index in [9.17, 15) is 14.9 Å². The van der Waals surface area contributed by atoms with Crippen molar-refractivity contribution >= 4 is 17.3 Å². The number of benzene rings is 2. The SMILES string of the molecule is CCOC(=O)[C@@H]1C[C@@H](c2cccc([N+](=O)[O-])c2)N(c2ccccc2)O1. The monoisotopic (exact) mass is 342 g/mol. The molecule has 25 heavy (non-hydrogen) atoms. The second-order valence-corrected chi connectivity index (χ2v) is 5.61. The Morgan fingerprint density at radius 3 is 2.72 bits per heavy atom. The molecule has 0 aromatic heterocycles. The summed E-state index contributed by atoms with van der Waals surface area (Å²) in [5.74, 6) is -0.434. The van der Waals surface area contributed by atoms with Crippen molar-refractivity contribution in [2.75, 3.05) is 11.7 Å². The van der Waals surface area contributed by atoms with Gasteiger partial charge in [0.1, 0.15) is 0 Å². The van der Waals surface area contributed by atoms with Crippen LogP contribution in [0.2, 0.25) is 0 Å². The highest BCUT2D eigenvalue weighted by molar-refractivity contribution is 5.75. The topological polar surface area (TPSA) is 81.9 Å². The van der Waals surface area contributed by atoms with E-state index in [0.29, 0.717) is 12.0 Å². The summed E-state index contributed by atoms with van der Waals surface area (Å²) in [4.78, 5) is 28.5. The molecule has 1 fully saturated rings. The summed E-state index contributed by atoms with van der Waals surface area (Å²) in [6.45, 7) is 2.01. The van der Waals surface area contributed by atoms with E-state index in [0.717, 1.165) is 5.69 Å². The standard InChI is InChI=1S/C18H18N2O5/c1-2-24-18(21)17-12-16(13-7-6-10-15(11-13)20(22)23)19(25-17)14-8-4-3-5-9-14/h3-11,16-17H,2,12H2,1H3/t16-,17-/m0/s1. The smallest absolute Gasteiger partial charge is 0.338 e. The molecule has 0 aliphatic carbocycles. The summed E-state index contributed by atoms with van der Waals surface area (Å²) in [5, 5.41) is 12.7. The number of nitrogens with zero attached hydrogens (tertiary/aromatic N) is 2. The molecule has 2 aromatic rings. The summed E-state index contributed by atoms with van der Waals surface area (Å²) >= 11 is 0. The van der Waals surface area contributed by atoms with E-state index in [4.69, 9.17) is 9.57 Å². The molecular formula is C18H18N2O5. The van der Waals surface area contributed by atoms with Crippen LogP contribution in [0.1, 0.15) is 24.9 Å². The van der Waals surface area contributed by atoms with Gasteiger partial charge in [-0.3, -0.25) is 15.0 Å². The van der Waals surface area contributed by atoms with Gasteiger partial charge in [0.15, 0.2) is 6.10 Å². The van der Waals surface area contributed by atoms with Crippen LogP contribution in [0, 0.1) is 10.1 Å². The number of rotatable bonds is 5. The van der Waals surface area contributed by atoms with Crippen molar-refractivity contribution in [3.05, 3.63) is 70.3 Å². The number of carbonyl (C=O) groups excluding carboxylic acids is 1. The molecule has 1 saturated heterocycles. The molecule has 1 aliphatic heterocycles. The van der Waals surface area contributed by atoms with Crippen molar-refractivity contribution in [3.8, 4) is 0 Å². The first-order chi connectivity index (χ1) is 12.1. The van der Waals surface area contributed by atoms with E-state index in [1.165, 1.54) is 12.1 Å². The first kappa shape index (κ1) is 16.9. The van der Waals surface area contributed by atoms with Crippen LogP contribution in [0.4, 0.5) is 11.4 Å². The van der Waals surface area contributed by atoms with Crippen molar-refractivity contribution in [3.63, 3.8) is 0 Å². The van der Waals surface area contributed by atoms with E-state index in [1.807, 2.05) is 30.3 Å². The lowest BCUT2D eigenvalue weighted by Crippen LogP contribution is -2.26. The minimum absolute atomic E-state index is 0.00472. The van der Waals surface area contributed by atoms with Gasteiger partial charge in [-0.1, -0.05) is 30.3 Å². The summed E-state index contributed by atoms with van der Waals surface area (Å²) in [7, 11) is 0. The average Bonchev–Trinajstić information content (AvgIpc) is 3.08. The van der Waals surface area contributed by atoms with Crippen molar-refractivity contribution < 1.29 is 19.3 Å². The van der Waals surface area contributed by atoms with Gasteiger partial charge in [0.05, 0.1) is 23.3 Å². The number of nitro benzene ring substituents is 1. The third-order valence-corrected chi connectivity index (χ3v) is 3.99. The molecule has 0 N–H and O–H groups in total. The third-order valence-electron chi connectivity index (χ3n) is 3.99. The zero-order valence-corrected chi connectivity index (χ0v) is 13.7. The molecule has 7 nitrogen and oxygen atoms in total. The number of anilines is 1. The number of carbonyl (C=O) groups is 1. The van der Waals surface area contributed by atoms with E-state index < -0.39 is 17.0 Å². The normalized spacial score (nSPS) is 19.6. The number of non-ortho nitro benzene ring substituents is 1. The van der Waals surface area contributed by atoms with Gasteiger partial charge in [-0.2, -0.15) is 0 Å². The number of nitro groups is 1. The summed E-state index contributed by atoms with van der Waals surface area (Å²) in [5.41, 5.74) is 1.49. The molecule has 0 bridgehead atoms. The van der Waals surface area contributed by atoms with E-state index >= 15 is 0 Å². The van der Waals surface area contributed by atoms with Crippen LogP contribution in [0.15, 0.2) is 54.6 Å². The van der Waals surface area contributed by atoms with Gasteiger partial charge >= 0.3 is 5.97 Å². The van der Waals surface area contributed by atoms with Crippen LogP contribution in [0.25, 0.3) is 0 Å². The first-order valence-corrected chi connectivity index (χ1v) is 8.02. The fraction of sp³-hybridized carbons (Fsp3) is 0.278. The maximum atomic E-state index is 12.1. The second-order valence-electron chi connectivity index (χ2n) is 5.61. The van der Waals surface area contributed by atoms with Gasteiger partial charge in [-0.15, -0.1) is 0 Å². The lowest BCUT2D eigenvalue weighted by molar-refractivity contribution is -0.384. The minimum atomic E-state index is -0.746. The lowest BCUT2D eigenvalue weighted by Gasteiger charge is -2.24. The van der Waals surface area contributed by atoms with Gasteiger partial charge in [-0.25, -0.2) is 9.86 Å². The fourth-order valence-electron chi connectivity index (χ4n) is 2.86. The zero-order chi connectivity index (χ0) is 17.8. The van der Waals surface area contributed by atoms with Crippen LogP contribution in [0.3, 0.4) is 0 Å². The van der Waals surface area contributed by atoms with Gasteiger partial charge < -0.3 is 4.74 Å². The molecule has 7 heteroatoms. The van der Waals surface area contributed by atoms with Crippen molar-refractivity contribution in [2.24, 2.45) is 0 Å².